The van der Waals surface area contributed by atoms with E-state index < -0.39 is 35.6 Å². The average Bonchev–Trinajstić information content (AvgIpc) is 3.32. The molecule has 3 aromatic rings. The van der Waals surface area contributed by atoms with Crippen molar-refractivity contribution in [3.63, 3.8) is 0 Å². The van der Waals surface area contributed by atoms with Crippen LogP contribution in [-0.2, 0) is 9.59 Å². The Hall–Kier alpha value is -4.13. The first-order valence-corrected chi connectivity index (χ1v) is 11.1. The van der Waals surface area contributed by atoms with Crippen LogP contribution in [0.1, 0.15) is 33.1 Å². The Kier molecular flexibility index (Phi) is 4.49. The van der Waals surface area contributed by atoms with Gasteiger partial charge in [-0.05, 0) is 54.4 Å². The first-order chi connectivity index (χ1) is 16.5. The summed E-state index contributed by atoms with van der Waals surface area (Å²) >= 11 is 0. The number of carbonyl (C=O) groups excluding carboxylic acids is 3. The molecule has 3 aromatic carbocycles. The molecular weight excluding hydrogens is 433 g/mol. The molecule has 0 unspecified atom stereocenters. The molecule has 2 fully saturated rings. The van der Waals surface area contributed by atoms with Crippen LogP contribution in [0.4, 0.5) is 10.1 Å². The number of ketones is 1. The molecule has 0 spiro atoms. The molecule has 6 rings (SSSR count). The number of anilines is 1. The summed E-state index contributed by atoms with van der Waals surface area (Å²) in [5.41, 5.74) is 3.48. The molecule has 2 saturated heterocycles. The van der Waals surface area contributed by atoms with Gasteiger partial charge in [-0.3, -0.25) is 19.4 Å². The minimum Gasteiger partial charge on any atom is -0.292 e. The number of benzene rings is 3. The molecule has 7 heteroatoms. The Balaban J connectivity index is 1.49. The summed E-state index contributed by atoms with van der Waals surface area (Å²) in [7, 11) is 0. The second-order valence-electron chi connectivity index (χ2n) is 8.91. The third kappa shape index (κ3) is 2.86. The number of nitrogens with zero attached hydrogens (tertiary/aromatic N) is 3. The lowest BCUT2D eigenvalue weighted by Gasteiger charge is -2.33. The third-order valence-electron chi connectivity index (χ3n) is 6.98. The van der Waals surface area contributed by atoms with E-state index in [9.17, 15) is 18.8 Å². The fraction of sp³-hybridized carbons (Fsp3) is 0.185. The van der Waals surface area contributed by atoms with E-state index in [2.05, 4.69) is 5.10 Å². The Morgan fingerprint density at radius 3 is 2.29 bits per heavy atom. The van der Waals surface area contributed by atoms with Gasteiger partial charge in [-0.15, -0.1) is 0 Å². The molecular formula is C27H20FN3O3. The van der Waals surface area contributed by atoms with Crippen LogP contribution in [0.3, 0.4) is 0 Å². The highest BCUT2D eigenvalue weighted by atomic mass is 19.1. The highest BCUT2D eigenvalue weighted by Crippen LogP contribution is 2.53. The Labute approximate surface area is 195 Å². The monoisotopic (exact) mass is 453 g/mol. The highest BCUT2D eigenvalue weighted by Gasteiger charge is 2.65. The van der Waals surface area contributed by atoms with E-state index in [1.807, 2.05) is 43.3 Å². The summed E-state index contributed by atoms with van der Waals surface area (Å²) in [6.07, 6.45) is 1.66. The van der Waals surface area contributed by atoms with Crippen LogP contribution >= 0.6 is 0 Å². The molecule has 0 saturated carbocycles. The summed E-state index contributed by atoms with van der Waals surface area (Å²) in [6, 6.07) is 18.5. The zero-order chi connectivity index (χ0) is 23.6. The molecule has 4 atom stereocenters. The van der Waals surface area contributed by atoms with Gasteiger partial charge in [0, 0.05) is 5.56 Å². The lowest BCUT2D eigenvalue weighted by atomic mass is 9.83. The summed E-state index contributed by atoms with van der Waals surface area (Å²) in [5, 5.41) is 6.13. The van der Waals surface area contributed by atoms with Gasteiger partial charge in [-0.2, -0.15) is 5.10 Å². The maximum atomic E-state index is 13.8. The summed E-state index contributed by atoms with van der Waals surface area (Å²) in [6.45, 7) is 1.93. The number of hydrazone groups is 1. The molecule has 34 heavy (non-hydrogen) atoms. The van der Waals surface area contributed by atoms with Gasteiger partial charge in [0.15, 0.2) is 5.78 Å². The summed E-state index contributed by atoms with van der Waals surface area (Å²) in [5.74, 6) is -3.24. The van der Waals surface area contributed by atoms with Crippen LogP contribution in [0.5, 0.6) is 0 Å². The van der Waals surface area contributed by atoms with Crippen LogP contribution < -0.4 is 4.90 Å². The Bertz CT molecular complexity index is 1370. The molecule has 0 radical (unpaired) electrons. The van der Waals surface area contributed by atoms with Crippen molar-refractivity contribution in [2.24, 2.45) is 16.9 Å². The van der Waals surface area contributed by atoms with E-state index in [-0.39, 0.29) is 17.3 Å². The molecule has 0 N–H and O–H groups in total. The zero-order valence-corrected chi connectivity index (χ0v) is 18.3. The van der Waals surface area contributed by atoms with Gasteiger partial charge in [0.05, 0.1) is 29.8 Å². The molecule has 6 nitrogen and oxygen atoms in total. The second-order valence-corrected chi connectivity index (χ2v) is 8.91. The van der Waals surface area contributed by atoms with Crippen LogP contribution in [0.2, 0.25) is 0 Å². The number of fused-ring (bicyclic) bond motifs is 5. The number of imide groups is 1. The largest absolute Gasteiger partial charge is 0.292 e. The van der Waals surface area contributed by atoms with E-state index in [0.29, 0.717) is 5.69 Å². The lowest BCUT2D eigenvalue weighted by molar-refractivity contribution is -0.124. The van der Waals surface area contributed by atoms with E-state index in [1.165, 1.54) is 29.2 Å². The Morgan fingerprint density at radius 1 is 0.882 bits per heavy atom. The standard InChI is InChI=1S/C27H20FN3O3/c1-15-6-12-19(13-7-15)30-26(33)21-22(27(30)34)24(25(32)16-8-10-18(28)11-9-16)31-23(21)20-5-3-2-4-17(20)14-29-31/h2-14,21-24H,1H3/t21-,22+,23-,24+/m0/s1. The molecule has 0 bridgehead atoms. The van der Waals surface area contributed by atoms with Gasteiger partial charge in [0.1, 0.15) is 11.9 Å². The average molecular weight is 453 g/mol. The number of carbonyl (C=O) groups is 3. The van der Waals surface area contributed by atoms with Crippen molar-refractivity contribution in [1.29, 1.82) is 0 Å². The summed E-state index contributed by atoms with van der Waals surface area (Å²) < 4.78 is 13.5. The number of amides is 2. The van der Waals surface area contributed by atoms with Crippen LogP contribution in [0, 0.1) is 24.6 Å². The maximum absolute atomic E-state index is 13.8. The first kappa shape index (κ1) is 20.5. The van der Waals surface area contributed by atoms with Crippen molar-refractivity contribution in [3.8, 4) is 0 Å². The molecule has 168 valence electrons. The minimum absolute atomic E-state index is 0.272. The number of hydrogen-bond acceptors (Lipinski definition) is 5. The molecule has 3 aliphatic rings. The highest BCUT2D eigenvalue weighted by molar-refractivity contribution is 6.24. The summed E-state index contributed by atoms with van der Waals surface area (Å²) in [4.78, 5) is 42.4. The Morgan fingerprint density at radius 2 is 1.56 bits per heavy atom. The van der Waals surface area contributed by atoms with Crippen molar-refractivity contribution >= 4 is 29.5 Å². The first-order valence-electron chi connectivity index (χ1n) is 11.1. The third-order valence-corrected chi connectivity index (χ3v) is 6.98. The molecule has 0 aromatic heterocycles. The predicted molar refractivity (Wildman–Crippen MR) is 124 cm³/mol. The minimum atomic E-state index is -0.975. The number of hydrogen-bond donors (Lipinski definition) is 0. The van der Waals surface area contributed by atoms with Crippen molar-refractivity contribution in [2.75, 3.05) is 4.90 Å². The van der Waals surface area contributed by atoms with E-state index in [4.69, 9.17) is 0 Å². The smallest absolute Gasteiger partial charge is 0.240 e. The van der Waals surface area contributed by atoms with Crippen molar-refractivity contribution < 1.29 is 18.8 Å². The fourth-order valence-electron chi connectivity index (χ4n) is 5.40. The van der Waals surface area contributed by atoms with Crippen LogP contribution in [0.25, 0.3) is 0 Å². The second kappa shape index (κ2) is 7.45. The molecule has 3 heterocycles. The number of aryl methyl sites for hydroxylation is 1. The van der Waals surface area contributed by atoms with Gasteiger partial charge in [-0.25, -0.2) is 9.29 Å². The number of halogens is 1. The van der Waals surface area contributed by atoms with Gasteiger partial charge in [0.25, 0.3) is 0 Å². The van der Waals surface area contributed by atoms with Gasteiger partial charge >= 0.3 is 0 Å². The number of rotatable bonds is 3. The predicted octanol–water partition coefficient (Wildman–Crippen LogP) is 3.90. The van der Waals surface area contributed by atoms with Crippen molar-refractivity contribution in [1.82, 2.24) is 5.01 Å². The number of Topliss-reactive ketones (excluding diaryl/α,β-unsaturated/α-hetero) is 1. The topological polar surface area (TPSA) is 70.1 Å². The van der Waals surface area contributed by atoms with E-state index in [1.54, 1.807) is 23.4 Å². The van der Waals surface area contributed by atoms with Crippen molar-refractivity contribution in [2.45, 2.75) is 19.0 Å². The van der Waals surface area contributed by atoms with E-state index >= 15 is 0 Å². The molecule has 0 aliphatic carbocycles. The van der Waals surface area contributed by atoms with Gasteiger partial charge in [-0.1, -0.05) is 42.0 Å². The molecule has 3 aliphatic heterocycles. The zero-order valence-electron chi connectivity index (χ0n) is 18.3. The normalized spacial score (nSPS) is 24.8. The SMILES string of the molecule is Cc1ccc(N2C(=O)[C@@H]3[C@H](C2=O)[C@@H]2c4ccccc4C=NN2[C@H]3C(=O)c2ccc(F)cc2)cc1. The van der Waals surface area contributed by atoms with Gasteiger partial charge in [0.2, 0.25) is 11.8 Å². The fourth-order valence-corrected chi connectivity index (χ4v) is 5.40. The van der Waals surface area contributed by atoms with Crippen LogP contribution in [0.15, 0.2) is 77.9 Å². The van der Waals surface area contributed by atoms with E-state index in [0.717, 1.165) is 16.7 Å². The van der Waals surface area contributed by atoms with Crippen LogP contribution in [-0.4, -0.2) is 34.9 Å². The quantitative estimate of drug-likeness (QED) is 0.446. The van der Waals surface area contributed by atoms with Crippen molar-refractivity contribution in [3.05, 3.63) is 101 Å². The molecule has 2 amide bonds. The van der Waals surface area contributed by atoms with Gasteiger partial charge < -0.3 is 0 Å². The maximum Gasteiger partial charge on any atom is 0.240 e. The lowest BCUT2D eigenvalue weighted by Crippen LogP contribution is -2.44.